The number of likely N-dealkylation sites (N-methyl/N-ethyl adjacent to an activating group) is 1. The second-order valence-electron chi connectivity index (χ2n) is 5.05. The minimum atomic E-state index is -0.439. The van der Waals surface area contributed by atoms with Crippen molar-refractivity contribution in [1.82, 2.24) is 10.6 Å². The van der Waals surface area contributed by atoms with Gasteiger partial charge in [-0.15, -0.1) is 0 Å². The molecule has 22 heavy (non-hydrogen) atoms. The zero-order valence-electron chi connectivity index (χ0n) is 13.9. The van der Waals surface area contributed by atoms with E-state index in [0.29, 0.717) is 12.8 Å². The quantitative estimate of drug-likeness (QED) is 0.238. The first-order valence-electron chi connectivity index (χ1n) is 8.08. The SMILES string of the molecule is CC/C=C\C[C@H](O)/C=C/C=C\C=C\[C@@H](O)CCNCCNC. The van der Waals surface area contributed by atoms with Crippen LogP contribution in [0.1, 0.15) is 26.2 Å². The Hall–Kier alpha value is -1.20. The molecule has 2 atom stereocenters. The third-order valence-electron chi connectivity index (χ3n) is 2.95. The van der Waals surface area contributed by atoms with Gasteiger partial charge < -0.3 is 20.8 Å². The summed E-state index contributed by atoms with van der Waals surface area (Å²) >= 11 is 0. The van der Waals surface area contributed by atoms with Gasteiger partial charge in [-0.1, -0.05) is 55.5 Å². The van der Waals surface area contributed by atoms with E-state index in [1.54, 1.807) is 12.2 Å². The number of hydrogen-bond donors (Lipinski definition) is 4. The van der Waals surface area contributed by atoms with Crippen molar-refractivity contribution in [3.05, 3.63) is 48.6 Å². The van der Waals surface area contributed by atoms with Crippen molar-refractivity contribution < 1.29 is 10.2 Å². The minimum Gasteiger partial charge on any atom is -0.389 e. The van der Waals surface area contributed by atoms with Crippen LogP contribution in [0.4, 0.5) is 0 Å². The van der Waals surface area contributed by atoms with E-state index >= 15 is 0 Å². The standard InChI is InChI=1S/C18H32N2O2/c1-3-4-7-10-17(21)11-8-5-6-9-12-18(22)13-14-20-16-15-19-2/h4-9,11-12,17-22H,3,10,13-16H2,1-2H3/b6-5-,7-4-,11-8+,12-9+/t17-,18+/m0/s1. The molecule has 4 N–H and O–H groups in total. The van der Waals surface area contributed by atoms with Crippen molar-refractivity contribution in [2.24, 2.45) is 0 Å². The maximum Gasteiger partial charge on any atom is 0.0758 e. The van der Waals surface area contributed by atoms with E-state index in [0.717, 1.165) is 26.1 Å². The average molecular weight is 308 g/mol. The molecule has 0 saturated heterocycles. The van der Waals surface area contributed by atoms with Gasteiger partial charge in [0, 0.05) is 13.1 Å². The lowest BCUT2D eigenvalue weighted by atomic mass is 10.2. The highest BCUT2D eigenvalue weighted by Gasteiger charge is 1.96. The molecule has 0 aliphatic rings. The van der Waals surface area contributed by atoms with Crippen LogP contribution in [0.25, 0.3) is 0 Å². The predicted octanol–water partition coefficient (Wildman–Crippen LogP) is 1.93. The molecular weight excluding hydrogens is 276 g/mol. The molecule has 0 saturated carbocycles. The summed E-state index contributed by atoms with van der Waals surface area (Å²) in [5.74, 6) is 0. The van der Waals surface area contributed by atoms with Crippen LogP contribution < -0.4 is 10.6 Å². The zero-order valence-corrected chi connectivity index (χ0v) is 13.9. The normalized spacial score (nSPS) is 15.6. The predicted molar refractivity (Wildman–Crippen MR) is 94.9 cm³/mol. The molecule has 0 heterocycles. The first kappa shape index (κ1) is 20.8. The van der Waals surface area contributed by atoms with E-state index in [2.05, 4.69) is 17.6 Å². The molecule has 0 unspecified atom stereocenters. The number of aliphatic hydroxyl groups excluding tert-OH is 2. The van der Waals surface area contributed by atoms with Gasteiger partial charge in [-0.2, -0.15) is 0 Å². The summed E-state index contributed by atoms with van der Waals surface area (Å²) < 4.78 is 0. The summed E-state index contributed by atoms with van der Waals surface area (Å²) in [5, 5.41) is 25.7. The highest BCUT2D eigenvalue weighted by Crippen LogP contribution is 1.97. The van der Waals surface area contributed by atoms with Gasteiger partial charge in [0.25, 0.3) is 0 Å². The van der Waals surface area contributed by atoms with Crippen molar-refractivity contribution in [2.75, 3.05) is 26.7 Å². The van der Waals surface area contributed by atoms with E-state index in [1.807, 2.05) is 43.5 Å². The van der Waals surface area contributed by atoms with E-state index < -0.39 is 12.2 Å². The number of allylic oxidation sites excluding steroid dienone is 5. The number of aliphatic hydroxyl groups is 2. The molecule has 0 aliphatic heterocycles. The summed E-state index contributed by atoms with van der Waals surface area (Å²) in [4.78, 5) is 0. The van der Waals surface area contributed by atoms with Crippen molar-refractivity contribution in [3.8, 4) is 0 Å². The van der Waals surface area contributed by atoms with E-state index in [9.17, 15) is 10.2 Å². The van der Waals surface area contributed by atoms with Gasteiger partial charge >= 0.3 is 0 Å². The van der Waals surface area contributed by atoms with Crippen molar-refractivity contribution in [3.63, 3.8) is 0 Å². The van der Waals surface area contributed by atoms with Gasteiger partial charge in [0.05, 0.1) is 12.2 Å². The summed E-state index contributed by atoms with van der Waals surface area (Å²) in [6.45, 7) is 4.71. The Balaban J connectivity index is 3.74. The van der Waals surface area contributed by atoms with E-state index in [4.69, 9.17) is 0 Å². The molecule has 0 aliphatic carbocycles. The molecule has 0 radical (unpaired) electrons. The van der Waals surface area contributed by atoms with Gasteiger partial charge in [-0.05, 0) is 32.9 Å². The Morgan fingerprint density at radius 3 is 2.18 bits per heavy atom. The Labute approximate surface area is 135 Å². The number of nitrogens with one attached hydrogen (secondary N) is 2. The van der Waals surface area contributed by atoms with Crippen LogP contribution in [0.2, 0.25) is 0 Å². The zero-order chi connectivity index (χ0) is 16.5. The van der Waals surface area contributed by atoms with Crippen LogP contribution in [-0.4, -0.2) is 49.1 Å². The molecule has 4 heteroatoms. The molecule has 0 aromatic rings. The molecule has 0 aromatic heterocycles. The average Bonchev–Trinajstić information content (AvgIpc) is 2.50. The Kier molecular flexibility index (Phi) is 15.3. The van der Waals surface area contributed by atoms with E-state index in [-0.39, 0.29) is 0 Å². The highest BCUT2D eigenvalue weighted by molar-refractivity contribution is 5.13. The van der Waals surface area contributed by atoms with Gasteiger partial charge in [0.15, 0.2) is 0 Å². The van der Waals surface area contributed by atoms with Crippen molar-refractivity contribution in [2.45, 2.75) is 38.4 Å². The third-order valence-corrected chi connectivity index (χ3v) is 2.95. The molecular formula is C18H32N2O2. The fourth-order valence-electron chi connectivity index (χ4n) is 1.68. The lowest BCUT2D eigenvalue weighted by Crippen LogP contribution is -2.27. The topological polar surface area (TPSA) is 64.5 Å². The second kappa shape index (κ2) is 16.2. The molecule has 4 nitrogen and oxygen atoms in total. The van der Waals surface area contributed by atoms with Crippen LogP contribution in [0.5, 0.6) is 0 Å². The van der Waals surface area contributed by atoms with Gasteiger partial charge in [0.1, 0.15) is 0 Å². The summed E-state index contributed by atoms with van der Waals surface area (Å²) in [7, 11) is 1.92. The lowest BCUT2D eigenvalue weighted by molar-refractivity contribution is 0.211. The number of hydrogen-bond acceptors (Lipinski definition) is 4. The smallest absolute Gasteiger partial charge is 0.0758 e. The second-order valence-corrected chi connectivity index (χ2v) is 5.05. The minimum absolute atomic E-state index is 0.430. The maximum absolute atomic E-state index is 9.73. The lowest BCUT2D eigenvalue weighted by Gasteiger charge is -2.06. The van der Waals surface area contributed by atoms with Gasteiger partial charge in [-0.25, -0.2) is 0 Å². The third kappa shape index (κ3) is 15.2. The van der Waals surface area contributed by atoms with Crippen LogP contribution in [0.15, 0.2) is 48.6 Å². The Bertz CT molecular complexity index is 349. The largest absolute Gasteiger partial charge is 0.389 e. The van der Waals surface area contributed by atoms with E-state index in [1.165, 1.54) is 0 Å². The summed E-state index contributed by atoms with van der Waals surface area (Å²) in [6, 6.07) is 0. The monoisotopic (exact) mass is 308 g/mol. The fourth-order valence-corrected chi connectivity index (χ4v) is 1.68. The maximum atomic E-state index is 9.73. The van der Waals surface area contributed by atoms with Crippen LogP contribution in [0, 0.1) is 0 Å². The molecule has 0 rings (SSSR count). The number of rotatable bonds is 13. The molecule has 0 aromatic carbocycles. The Morgan fingerprint density at radius 2 is 1.55 bits per heavy atom. The van der Waals surface area contributed by atoms with Crippen molar-refractivity contribution in [1.29, 1.82) is 0 Å². The Morgan fingerprint density at radius 1 is 0.864 bits per heavy atom. The van der Waals surface area contributed by atoms with Crippen LogP contribution in [-0.2, 0) is 0 Å². The van der Waals surface area contributed by atoms with Crippen molar-refractivity contribution >= 4 is 0 Å². The molecule has 0 amide bonds. The van der Waals surface area contributed by atoms with Gasteiger partial charge in [0.2, 0.25) is 0 Å². The summed E-state index contributed by atoms with van der Waals surface area (Å²) in [6.07, 6.45) is 16.4. The highest BCUT2D eigenvalue weighted by atomic mass is 16.3. The van der Waals surface area contributed by atoms with Crippen LogP contribution in [0.3, 0.4) is 0 Å². The van der Waals surface area contributed by atoms with Gasteiger partial charge in [-0.3, -0.25) is 0 Å². The molecule has 0 spiro atoms. The summed E-state index contributed by atoms with van der Waals surface area (Å²) in [5.41, 5.74) is 0. The fraction of sp³-hybridized carbons (Fsp3) is 0.556. The van der Waals surface area contributed by atoms with Crippen LogP contribution >= 0.6 is 0 Å². The molecule has 0 fully saturated rings. The first-order chi connectivity index (χ1) is 10.7. The molecule has 126 valence electrons. The first-order valence-corrected chi connectivity index (χ1v) is 8.08. The molecule has 0 bridgehead atoms.